The van der Waals surface area contributed by atoms with Crippen LogP contribution in [0.3, 0.4) is 0 Å². The van der Waals surface area contributed by atoms with E-state index in [0.29, 0.717) is 0 Å². The summed E-state index contributed by atoms with van der Waals surface area (Å²) >= 11 is 0. The van der Waals surface area contributed by atoms with Crippen molar-refractivity contribution in [3.8, 4) is 0 Å². The van der Waals surface area contributed by atoms with E-state index in [1.54, 1.807) is 0 Å². The highest BCUT2D eigenvalue weighted by molar-refractivity contribution is 4.91. The molecule has 1 rings (SSSR count). The molecule has 0 aromatic heterocycles. The summed E-state index contributed by atoms with van der Waals surface area (Å²) in [6.45, 7) is 8.81. The zero-order valence-electron chi connectivity index (χ0n) is 9.39. The van der Waals surface area contributed by atoms with E-state index < -0.39 is 0 Å². The van der Waals surface area contributed by atoms with Crippen molar-refractivity contribution in [1.29, 1.82) is 0 Å². The normalized spacial score (nSPS) is 27.7. The first-order valence-electron chi connectivity index (χ1n) is 5.35. The van der Waals surface area contributed by atoms with Crippen molar-refractivity contribution in [2.45, 2.75) is 39.2 Å². The van der Waals surface area contributed by atoms with Gasteiger partial charge in [-0.15, -0.1) is 0 Å². The zero-order chi connectivity index (χ0) is 9.90. The fraction of sp³-hybridized carbons (Fsp3) is 1.00. The minimum atomic E-state index is 0.0750. The minimum Gasteiger partial charge on any atom is -0.379 e. The molecule has 0 radical (unpaired) electrons. The largest absolute Gasteiger partial charge is 0.379 e. The van der Waals surface area contributed by atoms with Crippen molar-refractivity contribution < 1.29 is 4.74 Å². The molecule has 2 nitrogen and oxygen atoms in total. The Morgan fingerprint density at radius 2 is 2.08 bits per heavy atom. The van der Waals surface area contributed by atoms with Crippen LogP contribution in [0.2, 0.25) is 0 Å². The molecule has 0 aliphatic heterocycles. The summed E-state index contributed by atoms with van der Waals surface area (Å²) in [5.74, 6) is 1.81. The van der Waals surface area contributed by atoms with Gasteiger partial charge < -0.3 is 10.1 Å². The Morgan fingerprint density at radius 3 is 2.62 bits per heavy atom. The van der Waals surface area contributed by atoms with E-state index in [9.17, 15) is 0 Å². The molecule has 2 heteroatoms. The molecule has 2 atom stereocenters. The summed E-state index contributed by atoms with van der Waals surface area (Å²) in [7, 11) is 1.81. The smallest absolute Gasteiger partial charge is 0.0625 e. The van der Waals surface area contributed by atoms with Crippen LogP contribution in [0.4, 0.5) is 0 Å². The van der Waals surface area contributed by atoms with Crippen LogP contribution in [0.25, 0.3) is 0 Å². The van der Waals surface area contributed by atoms with Crippen LogP contribution in [0.1, 0.15) is 33.6 Å². The first kappa shape index (κ1) is 11.0. The summed E-state index contributed by atoms with van der Waals surface area (Å²) in [5, 5.41) is 3.40. The third-order valence-corrected chi connectivity index (χ3v) is 3.03. The van der Waals surface area contributed by atoms with E-state index in [-0.39, 0.29) is 5.60 Å². The third kappa shape index (κ3) is 3.65. The molecule has 0 bridgehead atoms. The Labute approximate surface area is 82.0 Å². The maximum absolute atomic E-state index is 5.42. The van der Waals surface area contributed by atoms with Gasteiger partial charge in [-0.05, 0) is 51.6 Å². The van der Waals surface area contributed by atoms with Gasteiger partial charge in [0.25, 0.3) is 0 Å². The quantitative estimate of drug-likeness (QED) is 0.684. The molecule has 13 heavy (non-hydrogen) atoms. The van der Waals surface area contributed by atoms with Crippen LogP contribution in [0, 0.1) is 11.8 Å². The summed E-state index contributed by atoms with van der Waals surface area (Å²) in [6, 6.07) is 0. The molecule has 78 valence electrons. The lowest BCUT2D eigenvalue weighted by Gasteiger charge is -2.22. The molecule has 0 aromatic rings. The van der Waals surface area contributed by atoms with Gasteiger partial charge >= 0.3 is 0 Å². The Hall–Kier alpha value is -0.0800. The van der Waals surface area contributed by atoms with Gasteiger partial charge in [0.05, 0.1) is 5.60 Å². The van der Waals surface area contributed by atoms with Gasteiger partial charge in [0.15, 0.2) is 0 Å². The number of hydrogen-bond donors (Lipinski definition) is 1. The van der Waals surface area contributed by atoms with Crippen molar-refractivity contribution >= 4 is 0 Å². The number of hydrogen-bond acceptors (Lipinski definition) is 2. The van der Waals surface area contributed by atoms with E-state index >= 15 is 0 Å². The molecule has 0 saturated heterocycles. The van der Waals surface area contributed by atoms with E-state index in [1.165, 1.54) is 19.4 Å². The number of methoxy groups -OCH3 is 1. The lowest BCUT2D eigenvalue weighted by atomic mass is 10.0. The van der Waals surface area contributed by atoms with E-state index in [0.717, 1.165) is 18.4 Å². The lowest BCUT2D eigenvalue weighted by Crippen LogP contribution is -2.24. The molecule has 0 aromatic carbocycles. The lowest BCUT2D eigenvalue weighted by molar-refractivity contribution is 0.00972. The Kier molecular flexibility index (Phi) is 3.74. The summed E-state index contributed by atoms with van der Waals surface area (Å²) in [5.41, 5.74) is 0.0750. The average molecular weight is 185 g/mol. The number of rotatable bonds is 6. The van der Waals surface area contributed by atoms with Crippen LogP contribution >= 0.6 is 0 Å². The van der Waals surface area contributed by atoms with Gasteiger partial charge in [0.1, 0.15) is 0 Å². The molecule has 2 unspecified atom stereocenters. The van der Waals surface area contributed by atoms with E-state index in [1.807, 2.05) is 7.11 Å². The third-order valence-electron chi connectivity index (χ3n) is 3.03. The van der Waals surface area contributed by atoms with Gasteiger partial charge in [0.2, 0.25) is 0 Å². The molecule has 0 amide bonds. The summed E-state index contributed by atoms with van der Waals surface area (Å²) in [6.07, 6.45) is 2.60. The standard InChI is InChI=1S/C11H23NO/c1-5-12-8-10-6-9(10)7-11(2,3)13-4/h9-10,12H,5-8H2,1-4H3. The predicted molar refractivity (Wildman–Crippen MR) is 55.8 cm³/mol. The molecule has 1 N–H and O–H groups in total. The van der Waals surface area contributed by atoms with Crippen molar-refractivity contribution in [1.82, 2.24) is 5.32 Å². The predicted octanol–water partition coefficient (Wildman–Crippen LogP) is 2.05. The second-order valence-electron chi connectivity index (χ2n) is 4.73. The second kappa shape index (κ2) is 4.43. The minimum absolute atomic E-state index is 0.0750. The number of nitrogens with one attached hydrogen (secondary N) is 1. The van der Waals surface area contributed by atoms with Gasteiger partial charge in [-0.3, -0.25) is 0 Å². The van der Waals surface area contributed by atoms with Crippen LogP contribution in [-0.4, -0.2) is 25.8 Å². The molecular weight excluding hydrogens is 162 g/mol. The Bertz CT molecular complexity index is 156. The maximum Gasteiger partial charge on any atom is 0.0625 e. The average Bonchev–Trinajstić information content (AvgIpc) is 2.79. The van der Waals surface area contributed by atoms with Gasteiger partial charge in [-0.1, -0.05) is 6.92 Å². The molecule has 1 aliphatic carbocycles. The van der Waals surface area contributed by atoms with Crippen LogP contribution in [0.5, 0.6) is 0 Å². The molecule has 0 heterocycles. The van der Waals surface area contributed by atoms with E-state index in [2.05, 4.69) is 26.1 Å². The van der Waals surface area contributed by atoms with E-state index in [4.69, 9.17) is 4.74 Å². The fourth-order valence-corrected chi connectivity index (χ4v) is 1.85. The Balaban J connectivity index is 2.13. The monoisotopic (exact) mass is 185 g/mol. The van der Waals surface area contributed by atoms with Crippen molar-refractivity contribution in [2.75, 3.05) is 20.2 Å². The van der Waals surface area contributed by atoms with Crippen molar-refractivity contribution in [3.05, 3.63) is 0 Å². The first-order chi connectivity index (χ1) is 6.09. The second-order valence-corrected chi connectivity index (χ2v) is 4.73. The van der Waals surface area contributed by atoms with Crippen LogP contribution < -0.4 is 5.32 Å². The highest BCUT2D eigenvalue weighted by Gasteiger charge is 2.39. The van der Waals surface area contributed by atoms with Crippen LogP contribution in [-0.2, 0) is 4.74 Å². The SMILES string of the molecule is CCNCC1CC1CC(C)(C)OC. The first-order valence-corrected chi connectivity index (χ1v) is 5.35. The summed E-state index contributed by atoms with van der Waals surface area (Å²) in [4.78, 5) is 0. The fourth-order valence-electron chi connectivity index (χ4n) is 1.85. The molecule has 1 saturated carbocycles. The zero-order valence-corrected chi connectivity index (χ0v) is 9.39. The molecular formula is C11H23NO. The van der Waals surface area contributed by atoms with Crippen molar-refractivity contribution in [3.63, 3.8) is 0 Å². The van der Waals surface area contributed by atoms with Gasteiger partial charge in [-0.2, -0.15) is 0 Å². The molecule has 1 fully saturated rings. The van der Waals surface area contributed by atoms with Crippen molar-refractivity contribution in [2.24, 2.45) is 11.8 Å². The maximum atomic E-state index is 5.42. The summed E-state index contributed by atoms with van der Waals surface area (Å²) < 4.78 is 5.42. The van der Waals surface area contributed by atoms with Gasteiger partial charge in [-0.25, -0.2) is 0 Å². The molecule has 1 aliphatic rings. The highest BCUT2D eigenvalue weighted by atomic mass is 16.5. The van der Waals surface area contributed by atoms with Crippen LogP contribution in [0.15, 0.2) is 0 Å². The number of ether oxygens (including phenoxy) is 1. The molecule has 0 spiro atoms. The topological polar surface area (TPSA) is 21.3 Å². The Morgan fingerprint density at radius 1 is 1.38 bits per heavy atom. The van der Waals surface area contributed by atoms with Gasteiger partial charge in [0, 0.05) is 7.11 Å². The highest BCUT2D eigenvalue weighted by Crippen LogP contribution is 2.44.